The molecule has 2 heterocycles. The number of ether oxygens (including phenoxy) is 1. The number of aromatic nitrogens is 2. The van der Waals surface area contributed by atoms with Gasteiger partial charge in [0.25, 0.3) is 5.91 Å². The van der Waals surface area contributed by atoms with Crippen molar-refractivity contribution >= 4 is 35.5 Å². The topological polar surface area (TPSA) is 126 Å². The van der Waals surface area contributed by atoms with Crippen LogP contribution in [0.3, 0.4) is 0 Å². The predicted molar refractivity (Wildman–Crippen MR) is 132 cm³/mol. The van der Waals surface area contributed by atoms with Gasteiger partial charge in [0.15, 0.2) is 5.82 Å². The van der Waals surface area contributed by atoms with Crippen molar-refractivity contribution in [3.8, 4) is 11.4 Å². The fourth-order valence-electron chi connectivity index (χ4n) is 4.08. The molecule has 1 aliphatic heterocycles. The second kappa shape index (κ2) is 10.7. The molecule has 0 saturated carbocycles. The van der Waals surface area contributed by atoms with Crippen LogP contribution in [-0.4, -0.2) is 53.4 Å². The number of carboxylic acids is 1. The summed E-state index contributed by atoms with van der Waals surface area (Å²) >= 11 is 0. The Morgan fingerprint density at radius 3 is 2.49 bits per heavy atom. The van der Waals surface area contributed by atoms with E-state index >= 15 is 0 Å². The van der Waals surface area contributed by atoms with Crippen LogP contribution in [0.4, 0.5) is 17.2 Å². The molecular weight excluding hydrogens is 450 g/mol. The van der Waals surface area contributed by atoms with E-state index in [-0.39, 0.29) is 12.3 Å². The number of anilines is 3. The highest BCUT2D eigenvalue weighted by molar-refractivity contribution is 6.08. The summed E-state index contributed by atoms with van der Waals surface area (Å²) < 4.78 is 6.78. The number of carbonyl (C=O) groups excluding carboxylic acids is 2. The molecule has 1 aliphatic rings. The number of nitrogens with one attached hydrogen (secondary N) is 2. The number of carboxylic acid groups (broad SMARTS) is 1. The summed E-state index contributed by atoms with van der Waals surface area (Å²) in [5.41, 5.74) is 3.44. The van der Waals surface area contributed by atoms with Gasteiger partial charge in [-0.15, -0.1) is 5.10 Å². The number of rotatable bonds is 11. The highest BCUT2D eigenvalue weighted by Gasteiger charge is 2.33. The van der Waals surface area contributed by atoms with Crippen LogP contribution in [0, 0.1) is 0 Å². The van der Waals surface area contributed by atoms with E-state index in [1.54, 1.807) is 41.0 Å². The van der Waals surface area contributed by atoms with Crippen molar-refractivity contribution in [1.29, 1.82) is 0 Å². The van der Waals surface area contributed by atoms with E-state index in [0.29, 0.717) is 60.9 Å². The number of aliphatic carboxylic acids is 1. The van der Waals surface area contributed by atoms with Crippen LogP contribution in [0.25, 0.3) is 5.69 Å². The van der Waals surface area contributed by atoms with Gasteiger partial charge in [0, 0.05) is 36.4 Å². The Morgan fingerprint density at radius 1 is 1.11 bits per heavy atom. The van der Waals surface area contributed by atoms with Gasteiger partial charge in [-0.3, -0.25) is 14.4 Å². The number of amides is 2. The van der Waals surface area contributed by atoms with Gasteiger partial charge in [0.1, 0.15) is 11.4 Å². The molecule has 0 aliphatic carbocycles. The molecule has 0 bridgehead atoms. The average molecular weight is 478 g/mol. The molecule has 3 aromatic rings. The van der Waals surface area contributed by atoms with Gasteiger partial charge < -0.3 is 25.4 Å². The maximum atomic E-state index is 13.6. The third-order valence-electron chi connectivity index (χ3n) is 5.85. The van der Waals surface area contributed by atoms with Crippen LogP contribution in [-0.2, 0) is 16.0 Å². The fourth-order valence-corrected chi connectivity index (χ4v) is 4.08. The van der Waals surface area contributed by atoms with Gasteiger partial charge in [-0.2, -0.15) is 0 Å². The number of hydrogen-bond acceptors (Lipinski definition) is 6. The minimum absolute atomic E-state index is 0.164. The van der Waals surface area contributed by atoms with Crippen LogP contribution >= 0.6 is 0 Å². The Hall–Kier alpha value is -4.34. The van der Waals surface area contributed by atoms with Crippen LogP contribution in [0.1, 0.15) is 35.3 Å². The lowest BCUT2D eigenvalue weighted by atomic mass is 10.0. The molecule has 35 heavy (non-hydrogen) atoms. The standard InChI is InChI=1S/C25H27N5O5/c1-35-20-11-9-19(10-12-20)30-23-21(24(28-30)27-16-31)13-15-29(25(23)34)18-7-5-17(6-8-18)26-14-3-2-4-22(32)33/h5-12,16,26H,2-4,13-15H2,1H3,(H,32,33)(H,27,28,31). The monoisotopic (exact) mass is 477 g/mol. The van der Waals surface area contributed by atoms with Gasteiger partial charge in [-0.1, -0.05) is 0 Å². The summed E-state index contributed by atoms with van der Waals surface area (Å²) in [6.07, 6.45) is 2.64. The summed E-state index contributed by atoms with van der Waals surface area (Å²) in [4.78, 5) is 37.0. The Labute approximate surface area is 202 Å². The lowest BCUT2D eigenvalue weighted by molar-refractivity contribution is -0.137. The number of benzene rings is 2. The van der Waals surface area contributed by atoms with Crippen LogP contribution in [0.15, 0.2) is 48.5 Å². The van der Waals surface area contributed by atoms with E-state index in [9.17, 15) is 14.4 Å². The molecule has 10 nitrogen and oxygen atoms in total. The number of fused-ring (bicyclic) bond motifs is 1. The van der Waals surface area contributed by atoms with E-state index in [4.69, 9.17) is 9.84 Å². The number of methoxy groups -OCH3 is 1. The Kier molecular flexibility index (Phi) is 7.30. The minimum atomic E-state index is -0.786. The highest BCUT2D eigenvalue weighted by atomic mass is 16.5. The molecular formula is C25H27N5O5. The average Bonchev–Trinajstić information content (AvgIpc) is 3.24. The lowest BCUT2D eigenvalue weighted by Gasteiger charge is -2.28. The number of unbranched alkanes of at least 4 members (excludes halogenated alkanes) is 1. The summed E-state index contributed by atoms with van der Waals surface area (Å²) in [7, 11) is 1.58. The van der Waals surface area contributed by atoms with Gasteiger partial charge in [-0.05, 0) is 67.8 Å². The molecule has 0 saturated heterocycles. The number of nitrogens with zero attached hydrogens (tertiary/aromatic N) is 3. The first-order valence-corrected chi connectivity index (χ1v) is 11.4. The maximum absolute atomic E-state index is 13.6. The van der Waals surface area contributed by atoms with Gasteiger partial charge >= 0.3 is 5.97 Å². The third kappa shape index (κ3) is 5.26. The summed E-state index contributed by atoms with van der Waals surface area (Å²) in [6, 6.07) is 14.7. The largest absolute Gasteiger partial charge is 0.497 e. The van der Waals surface area contributed by atoms with Crippen molar-refractivity contribution in [2.45, 2.75) is 25.7 Å². The molecule has 2 aromatic carbocycles. The fraction of sp³-hybridized carbons (Fsp3) is 0.280. The summed E-state index contributed by atoms with van der Waals surface area (Å²) in [6.45, 7) is 1.13. The minimum Gasteiger partial charge on any atom is -0.497 e. The molecule has 0 unspecified atom stereocenters. The van der Waals surface area contributed by atoms with Crippen molar-refractivity contribution in [1.82, 2.24) is 9.78 Å². The van der Waals surface area contributed by atoms with Crippen molar-refractivity contribution in [3.05, 3.63) is 59.8 Å². The molecule has 1 aromatic heterocycles. The molecule has 2 amide bonds. The zero-order valence-electron chi connectivity index (χ0n) is 19.4. The van der Waals surface area contributed by atoms with Crippen LogP contribution in [0.5, 0.6) is 5.75 Å². The van der Waals surface area contributed by atoms with Crippen molar-refractivity contribution in [2.24, 2.45) is 0 Å². The Balaban J connectivity index is 1.53. The van der Waals surface area contributed by atoms with Gasteiger partial charge in [-0.25, -0.2) is 4.68 Å². The van der Waals surface area contributed by atoms with E-state index < -0.39 is 5.97 Å². The van der Waals surface area contributed by atoms with Crippen molar-refractivity contribution in [2.75, 3.05) is 35.7 Å². The van der Waals surface area contributed by atoms with Crippen molar-refractivity contribution < 1.29 is 24.2 Å². The second-order valence-corrected chi connectivity index (χ2v) is 8.08. The van der Waals surface area contributed by atoms with Crippen LogP contribution < -0.4 is 20.3 Å². The summed E-state index contributed by atoms with van der Waals surface area (Å²) in [5, 5.41) is 19.1. The van der Waals surface area contributed by atoms with Gasteiger partial charge in [0.2, 0.25) is 6.41 Å². The molecule has 0 fully saturated rings. The molecule has 0 radical (unpaired) electrons. The Bertz CT molecular complexity index is 1200. The lowest BCUT2D eigenvalue weighted by Crippen LogP contribution is -2.38. The molecule has 10 heteroatoms. The SMILES string of the molecule is COc1ccc(-n2nc(NC=O)c3c2C(=O)N(c2ccc(NCCCCC(=O)O)cc2)CC3)cc1. The maximum Gasteiger partial charge on any atom is 0.303 e. The molecule has 0 spiro atoms. The Morgan fingerprint density at radius 2 is 1.83 bits per heavy atom. The highest BCUT2D eigenvalue weighted by Crippen LogP contribution is 2.31. The second-order valence-electron chi connectivity index (χ2n) is 8.08. The van der Waals surface area contributed by atoms with Gasteiger partial charge in [0.05, 0.1) is 12.8 Å². The molecule has 0 atom stereocenters. The first kappa shape index (κ1) is 23.8. The molecule has 3 N–H and O–H groups in total. The summed E-state index contributed by atoms with van der Waals surface area (Å²) in [5.74, 6) is 0.0693. The normalized spacial score (nSPS) is 12.7. The smallest absolute Gasteiger partial charge is 0.303 e. The third-order valence-corrected chi connectivity index (χ3v) is 5.85. The van der Waals surface area contributed by atoms with E-state index in [1.807, 2.05) is 24.3 Å². The molecule has 182 valence electrons. The van der Waals surface area contributed by atoms with E-state index in [2.05, 4.69) is 15.7 Å². The van der Waals surface area contributed by atoms with E-state index in [1.165, 1.54) is 0 Å². The zero-order chi connectivity index (χ0) is 24.8. The first-order chi connectivity index (χ1) is 17.0. The first-order valence-electron chi connectivity index (χ1n) is 11.4. The van der Waals surface area contributed by atoms with E-state index in [0.717, 1.165) is 17.8 Å². The zero-order valence-corrected chi connectivity index (χ0v) is 19.4. The quantitative estimate of drug-likeness (QED) is 0.286. The predicted octanol–water partition coefficient (Wildman–Crippen LogP) is 3.32. The number of hydrogen-bond donors (Lipinski definition) is 3. The number of carbonyl (C=O) groups is 3. The molecule has 4 rings (SSSR count). The van der Waals surface area contributed by atoms with Crippen molar-refractivity contribution in [3.63, 3.8) is 0 Å². The van der Waals surface area contributed by atoms with Crippen LogP contribution in [0.2, 0.25) is 0 Å².